The maximum absolute atomic E-state index is 6.04. The van der Waals surface area contributed by atoms with Crippen molar-refractivity contribution in [3.05, 3.63) is 23.8 Å². The molecule has 0 heterocycles. The quantitative estimate of drug-likeness (QED) is 0.764. The summed E-state index contributed by atoms with van der Waals surface area (Å²) in [6.45, 7) is 2.13. The van der Waals surface area contributed by atoms with Crippen molar-refractivity contribution >= 4 is 11.4 Å². The van der Waals surface area contributed by atoms with E-state index < -0.39 is 0 Å². The molecule has 17 heavy (non-hydrogen) atoms. The maximum atomic E-state index is 6.04. The molecule has 4 atom stereocenters. The van der Waals surface area contributed by atoms with Gasteiger partial charge in [-0.25, -0.2) is 0 Å². The molecule has 2 bridgehead atoms. The normalized spacial score (nSPS) is 41.4. The van der Waals surface area contributed by atoms with Crippen molar-refractivity contribution in [1.29, 1.82) is 0 Å². The molecule has 1 aromatic carbocycles. The zero-order chi connectivity index (χ0) is 11.6. The second-order valence-electron chi connectivity index (χ2n) is 6.25. The first kappa shape index (κ1) is 9.81. The highest BCUT2D eigenvalue weighted by molar-refractivity contribution is 5.68. The molecule has 3 fully saturated rings. The van der Waals surface area contributed by atoms with Gasteiger partial charge in [-0.3, -0.25) is 0 Å². The molecular formula is C15H20N2. The minimum Gasteiger partial charge on any atom is -0.397 e. The fourth-order valence-corrected chi connectivity index (χ4v) is 4.49. The Hall–Kier alpha value is -1.18. The van der Waals surface area contributed by atoms with Crippen LogP contribution in [0.3, 0.4) is 0 Å². The van der Waals surface area contributed by atoms with Crippen LogP contribution in [0.5, 0.6) is 0 Å². The predicted molar refractivity (Wildman–Crippen MR) is 70.8 cm³/mol. The first-order chi connectivity index (χ1) is 8.24. The highest BCUT2D eigenvalue weighted by Crippen LogP contribution is 2.66. The molecule has 2 heteroatoms. The van der Waals surface area contributed by atoms with Gasteiger partial charge in [-0.1, -0.05) is 6.07 Å². The highest BCUT2D eigenvalue weighted by atomic mass is 15.0. The van der Waals surface area contributed by atoms with E-state index in [0.717, 1.165) is 41.1 Å². The molecule has 4 unspecified atom stereocenters. The average molecular weight is 228 g/mol. The third-order valence-corrected chi connectivity index (χ3v) is 5.27. The number of fused-ring (bicyclic) bond motifs is 5. The number of hydrogen-bond donors (Lipinski definition) is 2. The van der Waals surface area contributed by atoms with Crippen molar-refractivity contribution in [3.63, 3.8) is 0 Å². The second-order valence-corrected chi connectivity index (χ2v) is 6.25. The predicted octanol–water partition coefficient (Wildman–Crippen LogP) is 3.03. The lowest BCUT2D eigenvalue weighted by molar-refractivity contribution is 0.456. The summed E-state index contributed by atoms with van der Waals surface area (Å²) < 4.78 is 0. The van der Waals surface area contributed by atoms with Gasteiger partial charge in [0, 0.05) is 6.04 Å². The van der Waals surface area contributed by atoms with Crippen LogP contribution in [0.25, 0.3) is 0 Å². The molecule has 0 spiro atoms. The Labute approximate surface area is 103 Å². The minimum absolute atomic E-state index is 0.727. The van der Waals surface area contributed by atoms with E-state index in [1.807, 2.05) is 6.07 Å². The van der Waals surface area contributed by atoms with Gasteiger partial charge in [0.1, 0.15) is 0 Å². The first-order valence-electron chi connectivity index (χ1n) is 6.87. The number of benzene rings is 1. The number of anilines is 2. The van der Waals surface area contributed by atoms with Crippen LogP contribution >= 0.6 is 0 Å². The molecule has 4 rings (SSSR count). The molecule has 0 amide bonds. The van der Waals surface area contributed by atoms with Crippen LogP contribution in [0.2, 0.25) is 0 Å². The van der Waals surface area contributed by atoms with Crippen LogP contribution in [0.1, 0.15) is 24.8 Å². The fourth-order valence-electron chi connectivity index (χ4n) is 4.49. The van der Waals surface area contributed by atoms with Crippen molar-refractivity contribution in [2.75, 3.05) is 11.1 Å². The summed E-state index contributed by atoms with van der Waals surface area (Å²) in [5.74, 6) is 3.98. The summed E-state index contributed by atoms with van der Waals surface area (Å²) in [7, 11) is 0. The van der Waals surface area contributed by atoms with Crippen LogP contribution in [-0.2, 0) is 0 Å². The van der Waals surface area contributed by atoms with Crippen LogP contribution in [0.4, 0.5) is 11.4 Å². The summed E-state index contributed by atoms with van der Waals surface area (Å²) in [6, 6.07) is 7.01. The zero-order valence-corrected chi connectivity index (χ0v) is 10.3. The van der Waals surface area contributed by atoms with Crippen molar-refractivity contribution < 1.29 is 0 Å². The molecule has 2 nitrogen and oxygen atoms in total. The molecule has 3 aliphatic rings. The summed E-state index contributed by atoms with van der Waals surface area (Å²) in [6.07, 6.45) is 4.47. The minimum atomic E-state index is 0.727. The highest BCUT2D eigenvalue weighted by Gasteiger charge is 2.65. The summed E-state index contributed by atoms with van der Waals surface area (Å²) >= 11 is 0. The number of rotatable bonds is 2. The van der Waals surface area contributed by atoms with Gasteiger partial charge in [0.05, 0.1) is 11.4 Å². The van der Waals surface area contributed by atoms with Crippen molar-refractivity contribution in [3.8, 4) is 0 Å². The van der Waals surface area contributed by atoms with Crippen molar-refractivity contribution in [2.45, 2.75) is 32.2 Å². The van der Waals surface area contributed by atoms with E-state index in [9.17, 15) is 0 Å². The van der Waals surface area contributed by atoms with Gasteiger partial charge in [0.15, 0.2) is 0 Å². The SMILES string of the molecule is Cc1ccc(N)c(NC2C3C4CCC(C4)C23)c1. The number of hydrogen-bond acceptors (Lipinski definition) is 2. The Kier molecular flexibility index (Phi) is 1.84. The smallest absolute Gasteiger partial charge is 0.0578 e. The van der Waals surface area contributed by atoms with Gasteiger partial charge < -0.3 is 11.1 Å². The number of aryl methyl sites for hydroxylation is 1. The van der Waals surface area contributed by atoms with E-state index in [0.29, 0.717) is 0 Å². The third-order valence-electron chi connectivity index (χ3n) is 5.27. The van der Waals surface area contributed by atoms with Gasteiger partial charge >= 0.3 is 0 Å². The number of nitrogens with one attached hydrogen (secondary N) is 1. The molecule has 3 saturated carbocycles. The van der Waals surface area contributed by atoms with Crippen molar-refractivity contribution in [1.82, 2.24) is 0 Å². The lowest BCUT2D eigenvalue weighted by Crippen LogP contribution is -2.13. The zero-order valence-electron chi connectivity index (χ0n) is 10.3. The summed E-state index contributed by atoms with van der Waals surface area (Å²) in [5, 5.41) is 3.70. The van der Waals surface area contributed by atoms with E-state index >= 15 is 0 Å². The summed E-state index contributed by atoms with van der Waals surface area (Å²) in [4.78, 5) is 0. The van der Waals surface area contributed by atoms with Crippen LogP contribution in [0, 0.1) is 30.6 Å². The molecule has 3 N–H and O–H groups in total. The van der Waals surface area contributed by atoms with Crippen molar-refractivity contribution in [2.24, 2.45) is 23.7 Å². The number of nitrogen functional groups attached to an aromatic ring is 1. The Morgan fingerprint density at radius 2 is 1.88 bits per heavy atom. The molecule has 0 aliphatic heterocycles. The van der Waals surface area contributed by atoms with E-state index in [4.69, 9.17) is 5.73 Å². The largest absolute Gasteiger partial charge is 0.397 e. The second kappa shape index (κ2) is 3.18. The molecule has 0 aromatic heterocycles. The Balaban J connectivity index is 1.54. The van der Waals surface area contributed by atoms with Crippen LogP contribution in [0.15, 0.2) is 18.2 Å². The Bertz CT molecular complexity index is 452. The lowest BCUT2D eigenvalue weighted by atomic mass is 10.0. The van der Waals surface area contributed by atoms with Gasteiger partial charge in [0.25, 0.3) is 0 Å². The van der Waals surface area contributed by atoms with Gasteiger partial charge in [-0.2, -0.15) is 0 Å². The lowest BCUT2D eigenvalue weighted by Gasteiger charge is -2.14. The topological polar surface area (TPSA) is 38.0 Å². The monoisotopic (exact) mass is 228 g/mol. The van der Waals surface area contributed by atoms with E-state index in [1.165, 1.54) is 24.8 Å². The first-order valence-corrected chi connectivity index (χ1v) is 6.87. The number of nitrogens with two attached hydrogens (primary N) is 1. The Morgan fingerprint density at radius 3 is 2.59 bits per heavy atom. The Morgan fingerprint density at radius 1 is 1.18 bits per heavy atom. The van der Waals surface area contributed by atoms with Gasteiger partial charge in [-0.15, -0.1) is 0 Å². The molecule has 3 aliphatic carbocycles. The van der Waals surface area contributed by atoms with Gasteiger partial charge in [-0.05, 0) is 67.6 Å². The molecular weight excluding hydrogens is 208 g/mol. The van der Waals surface area contributed by atoms with E-state index in [-0.39, 0.29) is 0 Å². The molecule has 0 radical (unpaired) electrons. The van der Waals surface area contributed by atoms with Crippen LogP contribution < -0.4 is 11.1 Å². The van der Waals surface area contributed by atoms with E-state index in [1.54, 1.807) is 0 Å². The molecule has 1 aromatic rings. The van der Waals surface area contributed by atoms with Gasteiger partial charge in [0.2, 0.25) is 0 Å². The third kappa shape index (κ3) is 1.33. The molecule has 90 valence electrons. The average Bonchev–Trinajstić information content (AvgIpc) is 2.72. The standard InChI is InChI=1S/C15H20N2/c1-8-2-5-11(16)12(6-8)17-15-13-9-3-4-10(7-9)14(13)15/h2,5-6,9-10,13-15,17H,3-4,7,16H2,1H3. The van der Waals surface area contributed by atoms with E-state index in [2.05, 4.69) is 24.4 Å². The fraction of sp³-hybridized carbons (Fsp3) is 0.600. The maximum Gasteiger partial charge on any atom is 0.0578 e. The molecule has 0 saturated heterocycles. The summed E-state index contributed by atoms with van der Waals surface area (Å²) in [5.41, 5.74) is 9.38. The van der Waals surface area contributed by atoms with Crippen LogP contribution in [-0.4, -0.2) is 6.04 Å².